The van der Waals surface area contributed by atoms with Gasteiger partial charge in [0.05, 0.1) is 25.4 Å². The monoisotopic (exact) mass is 397 g/mol. The molecular weight excluding hydrogens is 366 g/mol. The molecule has 0 amide bonds. The lowest BCUT2D eigenvalue weighted by Gasteiger charge is -2.36. The molecule has 2 aromatic rings. The van der Waals surface area contributed by atoms with Crippen LogP contribution in [-0.4, -0.2) is 60.5 Å². The van der Waals surface area contributed by atoms with Gasteiger partial charge < -0.3 is 25.0 Å². The van der Waals surface area contributed by atoms with E-state index in [-0.39, 0.29) is 12.6 Å². The van der Waals surface area contributed by atoms with Crippen LogP contribution >= 0.6 is 0 Å². The highest BCUT2D eigenvalue weighted by Gasteiger charge is 2.24. The number of hydrogen-bond acceptors (Lipinski definition) is 7. The van der Waals surface area contributed by atoms with Gasteiger partial charge in [0, 0.05) is 31.7 Å². The minimum atomic E-state index is 0.163. The van der Waals surface area contributed by atoms with Crippen LogP contribution < -0.4 is 19.9 Å². The predicted molar refractivity (Wildman–Crippen MR) is 116 cm³/mol. The number of nitrogens with zero attached hydrogens (tertiary/aromatic N) is 4. The van der Waals surface area contributed by atoms with Crippen molar-refractivity contribution in [3.05, 3.63) is 36.7 Å². The van der Waals surface area contributed by atoms with Crippen molar-refractivity contribution < 1.29 is 9.84 Å². The first-order chi connectivity index (χ1) is 14.3. The van der Waals surface area contributed by atoms with Crippen LogP contribution in [0.1, 0.15) is 32.1 Å². The molecule has 0 spiro atoms. The molecular formula is C22H31N5O2. The van der Waals surface area contributed by atoms with E-state index < -0.39 is 0 Å². The summed E-state index contributed by atoms with van der Waals surface area (Å²) in [5, 5.41) is 13.3. The van der Waals surface area contributed by atoms with Gasteiger partial charge in [-0.3, -0.25) is 0 Å². The third-order valence-electron chi connectivity index (χ3n) is 6.06. The van der Waals surface area contributed by atoms with Crippen molar-refractivity contribution in [3.8, 4) is 5.75 Å². The normalized spacial score (nSPS) is 20.6. The van der Waals surface area contributed by atoms with Gasteiger partial charge in [-0.25, -0.2) is 9.97 Å². The smallest absolute Gasteiger partial charge is 0.142 e. The van der Waals surface area contributed by atoms with Gasteiger partial charge in [-0.05, 0) is 44.2 Å². The lowest BCUT2D eigenvalue weighted by molar-refractivity contribution is 0.239. The lowest BCUT2D eigenvalue weighted by atomic mass is 10.0. The second-order valence-electron chi connectivity index (χ2n) is 7.86. The van der Waals surface area contributed by atoms with Crippen LogP contribution in [-0.2, 0) is 0 Å². The molecule has 7 heteroatoms. The fraction of sp³-hybridized carbons (Fsp3) is 0.545. The standard InChI is InChI=1S/C22H31N5O2/c1-29-20-8-3-2-7-19(20)26-12-9-17(10-13-26)25-21-14-22(24-16-23-21)27-11-5-4-6-18(27)15-28/h2-3,7-8,14,16-18,28H,4-6,9-13,15H2,1H3,(H,23,24,25). The number of hydrogen-bond donors (Lipinski definition) is 2. The molecule has 2 fully saturated rings. The summed E-state index contributed by atoms with van der Waals surface area (Å²) in [6, 6.07) is 10.8. The summed E-state index contributed by atoms with van der Waals surface area (Å²) in [6.45, 7) is 3.08. The maximum atomic E-state index is 9.70. The van der Waals surface area contributed by atoms with E-state index in [0.717, 1.165) is 68.4 Å². The number of nitrogens with one attached hydrogen (secondary N) is 1. The third kappa shape index (κ3) is 4.56. The summed E-state index contributed by atoms with van der Waals surface area (Å²) in [5.41, 5.74) is 1.16. The highest BCUT2D eigenvalue weighted by Crippen LogP contribution is 2.30. The lowest BCUT2D eigenvalue weighted by Crippen LogP contribution is -2.42. The quantitative estimate of drug-likeness (QED) is 0.776. The van der Waals surface area contributed by atoms with Gasteiger partial charge in [-0.1, -0.05) is 12.1 Å². The number of methoxy groups -OCH3 is 1. The number of aromatic nitrogens is 2. The Morgan fingerprint density at radius 2 is 1.93 bits per heavy atom. The average Bonchev–Trinajstić information content (AvgIpc) is 2.80. The molecule has 4 rings (SSSR count). The summed E-state index contributed by atoms with van der Waals surface area (Å²) in [7, 11) is 1.73. The van der Waals surface area contributed by atoms with Crippen LogP contribution in [0.25, 0.3) is 0 Å². The Bertz CT molecular complexity index is 794. The molecule has 156 valence electrons. The molecule has 2 aliphatic heterocycles. The van der Waals surface area contributed by atoms with Crippen LogP contribution in [0.15, 0.2) is 36.7 Å². The number of ether oxygens (including phenoxy) is 1. The Morgan fingerprint density at radius 3 is 2.72 bits per heavy atom. The van der Waals surface area contributed by atoms with Gasteiger partial charge >= 0.3 is 0 Å². The zero-order valence-electron chi connectivity index (χ0n) is 17.1. The van der Waals surface area contributed by atoms with E-state index in [1.54, 1.807) is 13.4 Å². The van der Waals surface area contributed by atoms with E-state index in [2.05, 4.69) is 37.2 Å². The van der Waals surface area contributed by atoms with Gasteiger partial charge in [0.2, 0.25) is 0 Å². The number of aliphatic hydroxyl groups is 1. The van der Waals surface area contributed by atoms with E-state index >= 15 is 0 Å². The molecule has 1 atom stereocenters. The number of rotatable bonds is 6. The van der Waals surface area contributed by atoms with Crippen molar-refractivity contribution in [2.75, 3.05) is 48.5 Å². The molecule has 0 saturated carbocycles. The van der Waals surface area contributed by atoms with Crippen LogP contribution in [0.3, 0.4) is 0 Å². The summed E-state index contributed by atoms with van der Waals surface area (Å²) >= 11 is 0. The highest BCUT2D eigenvalue weighted by atomic mass is 16.5. The van der Waals surface area contributed by atoms with Gasteiger partial charge in [0.1, 0.15) is 23.7 Å². The molecule has 1 aromatic heterocycles. The number of anilines is 3. The molecule has 7 nitrogen and oxygen atoms in total. The molecule has 1 aromatic carbocycles. The van der Waals surface area contributed by atoms with Gasteiger partial charge in [0.25, 0.3) is 0 Å². The Labute approximate surface area is 172 Å². The number of piperidine rings is 2. The maximum Gasteiger partial charge on any atom is 0.142 e. The van der Waals surface area contributed by atoms with Gasteiger partial charge in [-0.2, -0.15) is 0 Å². The van der Waals surface area contributed by atoms with Crippen molar-refractivity contribution in [1.29, 1.82) is 0 Å². The summed E-state index contributed by atoms with van der Waals surface area (Å²) < 4.78 is 5.51. The van der Waals surface area contributed by atoms with Crippen molar-refractivity contribution in [2.24, 2.45) is 0 Å². The third-order valence-corrected chi connectivity index (χ3v) is 6.06. The first kappa shape index (κ1) is 19.8. The fourth-order valence-corrected chi connectivity index (χ4v) is 4.44. The first-order valence-electron chi connectivity index (χ1n) is 10.6. The van der Waals surface area contributed by atoms with E-state index in [0.29, 0.717) is 6.04 Å². The van der Waals surface area contributed by atoms with E-state index in [4.69, 9.17) is 4.74 Å². The molecule has 2 aliphatic rings. The molecule has 29 heavy (non-hydrogen) atoms. The SMILES string of the molecule is COc1ccccc1N1CCC(Nc2cc(N3CCCCC3CO)ncn2)CC1. The predicted octanol–water partition coefficient (Wildman–Crippen LogP) is 2.92. The molecule has 2 saturated heterocycles. The van der Waals surface area contributed by atoms with Crippen molar-refractivity contribution >= 4 is 17.3 Å². The second-order valence-corrected chi connectivity index (χ2v) is 7.86. The molecule has 3 heterocycles. The van der Waals surface area contributed by atoms with Crippen molar-refractivity contribution in [3.63, 3.8) is 0 Å². The maximum absolute atomic E-state index is 9.70. The second kappa shape index (κ2) is 9.31. The first-order valence-corrected chi connectivity index (χ1v) is 10.6. The zero-order chi connectivity index (χ0) is 20.1. The van der Waals surface area contributed by atoms with Crippen LogP contribution in [0.4, 0.5) is 17.3 Å². The summed E-state index contributed by atoms with van der Waals surface area (Å²) in [6.07, 6.45) is 7.05. The Balaban J connectivity index is 1.37. The Hall–Kier alpha value is -2.54. The molecule has 0 bridgehead atoms. The Morgan fingerprint density at radius 1 is 1.10 bits per heavy atom. The molecule has 0 radical (unpaired) electrons. The molecule has 1 unspecified atom stereocenters. The topological polar surface area (TPSA) is 73.8 Å². The number of aliphatic hydroxyl groups excluding tert-OH is 1. The summed E-state index contributed by atoms with van der Waals surface area (Å²) in [5.74, 6) is 2.71. The van der Waals surface area contributed by atoms with E-state index in [9.17, 15) is 5.11 Å². The van der Waals surface area contributed by atoms with Crippen LogP contribution in [0.5, 0.6) is 5.75 Å². The van der Waals surface area contributed by atoms with Gasteiger partial charge in [-0.15, -0.1) is 0 Å². The van der Waals surface area contributed by atoms with Crippen LogP contribution in [0.2, 0.25) is 0 Å². The Kier molecular flexibility index (Phi) is 6.34. The molecule has 2 N–H and O–H groups in total. The number of para-hydroxylation sites is 2. The minimum absolute atomic E-state index is 0.163. The van der Waals surface area contributed by atoms with Gasteiger partial charge in [0.15, 0.2) is 0 Å². The minimum Gasteiger partial charge on any atom is -0.495 e. The largest absolute Gasteiger partial charge is 0.495 e. The highest BCUT2D eigenvalue weighted by molar-refractivity contribution is 5.59. The van der Waals surface area contributed by atoms with E-state index in [1.165, 1.54) is 6.42 Å². The van der Waals surface area contributed by atoms with Crippen LogP contribution in [0, 0.1) is 0 Å². The fourth-order valence-electron chi connectivity index (χ4n) is 4.44. The number of benzene rings is 1. The van der Waals surface area contributed by atoms with Crippen molar-refractivity contribution in [2.45, 2.75) is 44.2 Å². The molecule has 0 aliphatic carbocycles. The summed E-state index contributed by atoms with van der Waals surface area (Å²) in [4.78, 5) is 13.5. The van der Waals surface area contributed by atoms with Crippen molar-refractivity contribution in [1.82, 2.24) is 9.97 Å². The average molecular weight is 398 g/mol. The zero-order valence-corrected chi connectivity index (χ0v) is 17.1. The van der Waals surface area contributed by atoms with E-state index in [1.807, 2.05) is 18.2 Å².